The van der Waals surface area contributed by atoms with Crippen molar-refractivity contribution in [3.8, 4) is 0 Å². The molecule has 2 aromatic rings. The Bertz CT molecular complexity index is 1040. The normalized spacial score (nSPS) is 10.2. The first-order valence-corrected chi connectivity index (χ1v) is 11.0. The van der Waals surface area contributed by atoms with Crippen LogP contribution in [0.25, 0.3) is 0 Å². The molecule has 0 radical (unpaired) electrons. The lowest BCUT2D eigenvalue weighted by Crippen LogP contribution is -2.27. The number of hydrogen-bond acceptors (Lipinski definition) is 8. The third-order valence-corrected chi connectivity index (χ3v) is 3.98. The summed E-state index contributed by atoms with van der Waals surface area (Å²) in [5, 5.41) is 22.8. The number of aliphatic hydroxyl groups is 1. The lowest BCUT2D eigenvalue weighted by Gasteiger charge is -2.19. The van der Waals surface area contributed by atoms with Crippen molar-refractivity contribution in [3.05, 3.63) is 57.6 Å². The maximum Gasteiger partial charge on any atom is 0.412 e. The first-order valence-electron chi connectivity index (χ1n) is 11.0. The van der Waals surface area contributed by atoms with E-state index in [0.29, 0.717) is 22.6 Å². The molecule has 11 heteroatoms. The Morgan fingerprint density at radius 1 is 0.838 bits per heavy atom. The maximum absolute atomic E-state index is 11.5. The number of benzene rings is 2. The van der Waals surface area contributed by atoms with Crippen LogP contribution >= 0.6 is 0 Å². The van der Waals surface area contributed by atoms with E-state index in [1.165, 1.54) is 6.07 Å². The summed E-state index contributed by atoms with van der Waals surface area (Å²) in [5.41, 5.74) is 7.72. The number of aliphatic hydroxyl groups excluding tert-OH is 1. The average Bonchev–Trinajstić information content (AvgIpc) is 2.71. The predicted molar refractivity (Wildman–Crippen MR) is 148 cm³/mol. The monoisotopic (exact) mass is 522 g/mol. The molecule has 0 spiro atoms. The Labute approximate surface area is 219 Å². The van der Waals surface area contributed by atoms with Crippen LogP contribution in [0.3, 0.4) is 0 Å². The summed E-state index contributed by atoms with van der Waals surface area (Å²) in [7, 11) is 1.00. The summed E-state index contributed by atoms with van der Waals surface area (Å²) in [6.45, 7) is 14.2. The number of anilines is 3. The molecule has 0 saturated heterocycles. The topological polar surface area (TPSA) is 166 Å². The van der Waals surface area contributed by atoms with Crippen molar-refractivity contribution in [2.45, 2.75) is 74.0 Å². The van der Waals surface area contributed by atoms with Gasteiger partial charge in [-0.25, -0.2) is 9.59 Å². The zero-order valence-corrected chi connectivity index (χ0v) is 22.4. The molecule has 0 aromatic heterocycles. The molecule has 0 unspecified atom stereocenters. The number of ether oxygens (including phenoxy) is 2. The number of carbonyl (C=O) groups is 2. The van der Waals surface area contributed by atoms with E-state index in [1.54, 1.807) is 52.0 Å². The minimum atomic E-state index is -0.638. The summed E-state index contributed by atoms with van der Waals surface area (Å²) in [6.07, 6.45) is -1.11. The first kappa shape index (κ1) is 35.3. The smallest absolute Gasteiger partial charge is 0.412 e. The molecule has 2 amide bonds. The van der Waals surface area contributed by atoms with Crippen molar-refractivity contribution in [2.75, 3.05) is 23.5 Å². The molecule has 2 rings (SSSR count). The maximum atomic E-state index is 11.5. The lowest BCUT2D eigenvalue weighted by atomic mass is 10.2. The fourth-order valence-electron chi connectivity index (χ4n) is 2.45. The third-order valence-electron chi connectivity index (χ3n) is 3.98. The number of nitrogens with two attached hydrogens (primary N) is 1. The van der Waals surface area contributed by atoms with Crippen molar-refractivity contribution < 1.29 is 29.1 Å². The van der Waals surface area contributed by atoms with E-state index in [1.807, 2.05) is 33.8 Å². The van der Waals surface area contributed by atoms with Crippen LogP contribution in [-0.2, 0) is 9.47 Å². The molecular weight excluding hydrogens is 480 g/mol. The van der Waals surface area contributed by atoms with Crippen LogP contribution in [0.4, 0.5) is 32.3 Å². The van der Waals surface area contributed by atoms with E-state index >= 15 is 0 Å². The van der Waals surface area contributed by atoms with Gasteiger partial charge in [0.05, 0.1) is 10.6 Å². The lowest BCUT2D eigenvalue weighted by molar-refractivity contribution is -0.385. The van der Waals surface area contributed by atoms with Gasteiger partial charge in [0.15, 0.2) is 0 Å². The molecular formula is C26H42N4O7. The van der Waals surface area contributed by atoms with E-state index in [-0.39, 0.29) is 13.1 Å². The van der Waals surface area contributed by atoms with Crippen molar-refractivity contribution in [3.63, 3.8) is 0 Å². The van der Waals surface area contributed by atoms with Crippen molar-refractivity contribution in [1.29, 1.82) is 0 Å². The molecule has 0 aliphatic carbocycles. The van der Waals surface area contributed by atoms with Gasteiger partial charge in [-0.3, -0.25) is 20.7 Å². The van der Waals surface area contributed by atoms with Crippen LogP contribution in [0.1, 0.15) is 60.1 Å². The number of aryl methyl sites for hydroxylation is 2. The second-order valence-corrected chi connectivity index (χ2v) is 9.58. The average molecular weight is 523 g/mol. The molecule has 11 nitrogen and oxygen atoms in total. The molecule has 0 aliphatic rings. The van der Waals surface area contributed by atoms with E-state index < -0.39 is 28.3 Å². The minimum Gasteiger partial charge on any atom is -0.444 e. The van der Waals surface area contributed by atoms with Gasteiger partial charge in [0, 0.05) is 30.1 Å². The van der Waals surface area contributed by atoms with Gasteiger partial charge < -0.3 is 20.3 Å². The number of nitrogens with zero attached hydrogens (tertiary/aromatic N) is 1. The molecule has 2 aromatic carbocycles. The number of carbonyl (C=O) groups excluding carboxylic acids is 2. The van der Waals surface area contributed by atoms with E-state index in [2.05, 4.69) is 10.6 Å². The minimum absolute atomic E-state index is 0. The second-order valence-electron chi connectivity index (χ2n) is 9.58. The number of amides is 2. The number of nitro benzene ring substituents is 1. The summed E-state index contributed by atoms with van der Waals surface area (Å²) in [4.78, 5) is 33.2. The zero-order valence-electron chi connectivity index (χ0n) is 22.4. The SMILES string of the molecule is C.CO.Cc1ccc(NC(=O)OC(C)(C)C)cc1N.Cc1ccc(NC(=O)OC(C)(C)C)cc1[N+](=O)[O-]. The van der Waals surface area contributed by atoms with Crippen molar-refractivity contribution >= 4 is 34.9 Å². The molecule has 0 atom stereocenters. The summed E-state index contributed by atoms with van der Waals surface area (Å²) in [6, 6.07) is 9.81. The van der Waals surface area contributed by atoms with Gasteiger partial charge in [0.2, 0.25) is 0 Å². The highest BCUT2D eigenvalue weighted by atomic mass is 16.6. The van der Waals surface area contributed by atoms with Crippen LogP contribution in [0.15, 0.2) is 36.4 Å². The largest absolute Gasteiger partial charge is 0.444 e. The van der Waals surface area contributed by atoms with Crippen LogP contribution < -0.4 is 16.4 Å². The van der Waals surface area contributed by atoms with Crippen molar-refractivity contribution in [2.24, 2.45) is 0 Å². The predicted octanol–water partition coefficient (Wildman–Crippen LogP) is 6.42. The highest BCUT2D eigenvalue weighted by molar-refractivity contribution is 5.86. The number of nitrogens with one attached hydrogen (secondary N) is 2. The van der Waals surface area contributed by atoms with Crippen LogP contribution in [0.2, 0.25) is 0 Å². The molecule has 0 bridgehead atoms. The highest BCUT2D eigenvalue weighted by Crippen LogP contribution is 2.23. The Morgan fingerprint density at radius 3 is 1.57 bits per heavy atom. The van der Waals surface area contributed by atoms with Crippen LogP contribution in [0, 0.1) is 24.0 Å². The molecule has 37 heavy (non-hydrogen) atoms. The first-order chi connectivity index (χ1) is 16.5. The van der Waals surface area contributed by atoms with E-state index in [0.717, 1.165) is 12.7 Å². The Morgan fingerprint density at radius 2 is 1.22 bits per heavy atom. The van der Waals surface area contributed by atoms with Gasteiger partial charge in [0.25, 0.3) is 5.69 Å². The van der Waals surface area contributed by atoms with Gasteiger partial charge in [-0.1, -0.05) is 19.6 Å². The van der Waals surface area contributed by atoms with Gasteiger partial charge in [-0.2, -0.15) is 0 Å². The van der Waals surface area contributed by atoms with Gasteiger partial charge in [-0.15, -0.1) is 0 Å². The molecule has 0 saturated carbocycles. The molecule has 0 fully saturated rings. The molecule has 0 aliphatic heterocycles. The standard InChI is InChI=1S/C12H16N2O4.C12H18N2O2.CH4O.CH4/c1-8-5-6-9(7-10(8)14(16)17)13-11(15)18-12(2,3)4;1-8-5-6-9(7-10(8)13)14-11(15)16-12(2,3)4;1-2;/h5-7H,1-4H3,(H,13,15);5-7H,13H2,1-4H3,(H,14,15);2H,1H3;1H4. The fourth-order valence-corrected chi connectivity index (χ4v) is 2.45. The summed E-state index contributed by atoms with van der Waals surface area (Å²) >= 11 is 0. The van der Waals surface area contributed by atoms with E-state index in [4.69, 9.17) is 20.3 Å². The van der Waals surface area contributed by atoms with Gasteiger partial charge >= 0.3 is 12.2 Å². The fraction of sp³-hybridized carbons (Fsp3) is 0.462. The van der Waals surface area contributed by atoms with Crippen LogP contribution in [0.5, 0.6) is 0 Å². The summed E-state index contributed by atoms with van der Waals surface area (Å²) < 4.78 is 10.2. The van der Waals surface area contributed by atoms with E-state index in [9.17, 15) is 19.7 Å². The highest BCUT2D eigenvalue weighted by Gasteiger charge is 2.18. The second kappa shape index (κ2) is 15.3. The Balaban J connectivity index is 0. The Hall–Kier alpha value is -3.86. The number of nitro groups is 1. The quantitative estimate of drug-likeness (QED) is 0.203. The molecule has 5 N–H and O–H groups in total. The van der Waals surface area contributed by atoms with Crippen molar-refractivity contribution in [1.82, 2.24) is 0 Å². The summed E-state index contributed by atoms with van der Waals surface area (Å²) in [5.74, 6) is 0. The number of rotatable bonds is 3. The van der Waals surface area contributed by atoms with Gasteiger partial charge in [-0.05, 0) is 79.2 Å². The molecule has 0 heterocycles. The zero-order chi connectivity index (χ0) is 28.3. The van der Waals surface area contributed by atoms with Gasteiger partial charge in [0.1, 0.15) is 11.2 Å². The molecule has 208 valence electrons. The Kier molecular flexibility index (Phi) is 14.6. The van der Waals surface area contributed by atoms with Crippen LogP contribution in [-0.4, -0.2) is 40.5 Å². The number of hydrogen-bond donors (Lipinski definition) is 4. The number of nitrogen functional groups attached to an aromatic ring is 1. The third kappa shape index (κ3) is 15.0.